The number of hydrogen-bond acceptors (Lipinski definition) is 4. The van der Waals surface area contributed by atoms with Crippen LogP contribution in [0.2, 0.25) is 0 Å². The third-order valence-electron chi connectivity index (χ3n) is 4.19. The molecule has 6 heteroatoms. The summed E-state index contributed by atoms with van der Waals surface area (Å²) < 4.78 is 5.34. The lowest BCUT2D eigenvalue weighted by Gasteiger charge is -2.41. The van der Waals surface area contributed by atoms with Gasteiger partial charge in [-0.25, -0.2) is 4.79 Å². The Morgan fingerprint density at radius 3 is 2.33 bits per heavy atom. The maximum atomic E-state index is 12.1. The van der Waals surface area contributed by atoms with Gasteiger partial charge in [-0.1, -0.05) is 0 Å². The number of carboxylic acids is 1. The minimum absolute atomic E-state index is 0.00804. The molecule has 2 aliphatic rings. The Morgan fingerprint density at radius 2 is 1.86 bits per heavy atom. The van der Waals surface area contributed by atoms with E-state index in [0.717, 1.165) is 12.8 Å². The van der Waals surface area contributed by atoms with Crippen molar-refractivity contribution in [3.05, 3.63) is 0 Å². The van der Waals surface area contributed by atoms with Crippen molar-refractivity contribution in [2.75, 3.05) is 20.1 Å². The number of carbonyl (C=O) groups is 2. The van der Waals surface area contributed by atoms with Gasteiger partial charge in [0.2, 0.25) is 0 Å². The molecule has 0 spiro atoms. The maximum absolute atomic E-state index is 12.1. The number of amides is 1. The van der Waals surface area contributed by atoms with Crippen LogP contribution in [-0.4, -0.2) is 64.8 Å². The van der Waals surface area contributed by atoms with Crippen molar-refractivity contribution in [1.29, 1.82) is 0 Å². The van der Waals surface area contributed by atoms with Crippen molar-refractivity contribution in [2.24, 2.45) is 5.92 Å². The molecule has 0 aromatic carbocycles. The average Bonchev–Trinajstić information content (AvgIpc) is 3.19. The predicted molar refractivity (Wildman–Crippen MR) is 78.1 cm³/mol. The number of rotatable bonds is 3. The fraction of sp³-hybridized carbons (Fsp3) is 0.867. The van der Waals surface area contributed by atoms with Gasteiger partial charge in [0.25, 0.3) is 0 Å². The first kappa shape index (κ1) is 16.1. The second kappa shape index (κ2) is 5.83. The van der Waals surface area contributed by atoms with Crippen molar-refractivity contribution in [3.8, 4) is 0 Å². The second-order valence-electron chi connectivity index (χ2n) is 7.12. The van der Waals surface area contributed by atoms with E-state index in [1.54, 1.807) is 0 Å². The summed E-state index contributed by atoms with van der Waals surface area (Å²) in [6.45, 7) is 6.22. The summed E-state index contributed by atoms with van der Waals surface area (Å²) in [5, 5.41) is 9.49. The first-order chi connectivity index (χ1) is 9.69. The molecule has 120 valence electrons. The molecule has 1 amide bonds. The highest BCUT2D eigenvalue weighted by Crippen LogP contribution is 2.32. The Bertz CT molecular complexity index is 414. The molecule has 6 nitrogen and oxygen atoms in total. The summed E-state index contributed by atoms with van der Waals surface area (Å²) in [4.78, 5) is 27.4. The fourth-order valence-electron chi connectivity index (χ4n) is 2.91. The molecule has 2 atom stereocenters. The molecule has 0 radical (unpaired) electrons. The van der Waals surface area contributed by atoms with Gasteiger partial charge in [0, 0.05) is 25.2 Å². The van der Waals surface area contributed by atoms with Crippen LogP contribution in [0.1, 0.15) is 40.0 Å². The Balaban J connectivity index is 2.01. The van der Waals surface area contributed by atoms with Crippen LogP contribution in [0.15, 0.2) is 0 Å². The molecule has 2 fully saturated rings. The highest BCUT2D eigenvalue weighted by Gasteiger charge is 2.42. The molecule has 21 heavy (non-hydrogen) atoms. The summed E-state index contributed by atoms with van der Waals surface area (Å²) in [5.41, 5.74) is -0.558. The zero-order valence-corrected chi connectivity index (χ0v) is 13.3. The SMILES string of the molecule is CN(C1CC1)[C@H]1CCN(C(=O)OC(C)(C)C)C[C@H]1C(=O)O. The van der Waals surface area contributed by atoms with E-state index < -0.39 is 23.6 Å². The van der Waals surface area contributed by atoms with E-state index in [1.807, 2.05) is 27.8 Å². The number of carboxylic acid groups (broad SMARTS) is 1. The molecule has 1 saturated heterocycles. The molecular weight excluding hydrogens is 272 g/mol. The number of nitrogens with zero attached hydrogens (tertiary/aromatic N) is 2. The predicted octanol–water partition coefficient (Wildman–Crippen LogP) is 1.79. The van der Waals surface area contributed by atoms with Crippen LogP contribution in [-0.2, 0) is 9.53 Å². The van der Waals surface area contributed by atoms with Crippen molar-refractivity contribution in [1.82, 2.24) is 9.80 Å². The first-order valence-electron chi connectivity index (χ1n) is 7.61. The van der Waals surface area contributed by atoms with Gasteiger partial charge < -0.3 is 14.7 Å². The number of carbonyl (C=O) groups excluding carboxylic acids is 1. The monoisotopic (exact) mass is 298 g/mol. The van der Waals surface area contributed by atoms with Crippen LogP contribution in [0.5, 0.6) is 0 Å². The number of hydrogen-bond donors (Lipinski definition) is 1. The van der Waals surface area contributed by atoms with Crippen LogP contribution in [0.4, 0.5) is 4.79 Å². The van der Waals surface area contributed by atoms with Gasteiger partial charge in [-0.3, -0.25) is 9.69 Å². The number of aliphatic carboxylic acids is 1. The van der Waals surface area contributed by atoms with Gasteiger partial charge in [0.15, 0.2) is 0 Å². The van der Waals surface area contributed by atoms with Gasteiger partial charge in [-0.15, -0.1) is 0 Å². The molecule has 1 aliphatic heterocycles. The molecule has 1 heterocycles. The molecule has 0 bridgehead atoms. The quantitative estimate of drug-likeness (QED) is 0.860. The third-order valence-corrected chi connectivity index (χ3v) is 4.19. The van der Waals surface area contributed by atoms with E-state index in [2.05, 4.69) is 4.90 Å². The van der Waals surface area contributed by atoms with E-state index in [1.165, 1.54) is 4.90 Å². The summed E-state index contributed by atoms with van der Waals surface area (Å²) >= 11 is 0. The molecule has 1 aliphatic carbocycles. The van der Waals surface area contributed by atoms with Crippen molar-refractivity contribution >= 4 is 12.1 Å². The van der Waals surface area contributed by atoms with E-state index in [4.69, 9.17) is 4.74 Å². The van der Waals surface area contributed by atoms with E-state index in [9.17, 15) is 14.7 Å². The molecule has 0 unspecified atom stereocenters. The minimum atomic E-state index is -0.833. The molecular formula is C15H26N2O4. The zero-order chi connectivity index (χ0) is 15.8. The van der Waals surface area contributed by atoms with E-state index in [0.29, 0.717) is 19.0 Å². The summed E-state index contributed by atoms with van der Waals surface area (Å²) in [7, 11) is 2.00. The highest BCUT2D eigenvalue weighted by molar-refractivity contribution is 5.74. The third kappa shape index (κ3) is 4.09. The second-order valence-corrected chi connectivity index (χ2v) is 7.12. The topological polar surface area (TPSA) is 70.1 Å². The van der Waals surface area contributed by atoms with Gasteiger partial charge >= 0.3 is 12.1 Å². The Labute approximate surface area is 126 Å². The van der Waals surface area contributed by atoms with E-state index >= 15 is 0 Å². The van der Waals surface area contributed by atoms with Crippen LogP contribution < -0.4 is 0 Å². The lowest BCUT2D eigenvalue weighted by Crippen LogP contribution is -2.55. The van der Waals surface area contributed by atoms with Crippen LogP contribution in [0.25, 0.3) is 0 Å². The van der Waals surface area contributed by atoms with E-state index in [-0.39, 0.29) is 12.6 Å². The Hall–Kier alpha value is -1.30. The smallest absolute Gasteiger partial charge is 0.410 e. The highest BCUT2D eigenvalue weighted by atomic mass is 16.6. The molecule has 0 aromatic rings. The summed E-state index contributed by atoms with van der Waals surface area (Å²) in [6.07, 6.45) is 2.56. The van der Waals surface area contributed by atoms with Crippen LogP contribution in [0, 0.1) is 5.92 Å². The van der Waals surface area contributed by atoms with Gasteiger partial charge in [0.05, 0.1) is 5.92 Å². The van der Waals surface area contributed by atoms with Crippen molar-refractivity contribution in [2.45, 2.75) is 57.7 Å². The summed E-state index contributed by atoms with van der Waals surface area (Å²) in [5.74, 6) is -1.38. The Morgan fingerprint density at radius 1 is 1.24 bits per heavy atom. The Kier molecular flexibility index (Phi) is 4.46. The zero-order valence-electron chi connectivity index (χ0n) is 13.3. The number of ether oxygens (including phenoxy) is 1. The number of piperidine rings is 1. The normalized spacial score (nSPS) is 26.8. The standard InChI is InChI=1S/C15H26N2O4/c1-15(2,3)21-14(20)17-8-7-12(11(9-17)13(18)19)16(4)10-5-6-10/h10-12H,5-9H2,1-4H3,(H,18,19)/t11-,12+/m1/s1. The largest absolute Gasteiger partial charge is 0.481 e. The van der Waals surface area contributed by atoms with Crippen molar-refractivity contribution in [3.63, 3.8) is 0 Å². The molecule has 2 rings (SSSR count). The fourth-order valence-corrected chi connectivity index (χ4v) is 2.91. The average molecular weight is 298 g/mol. The van der Waals surface area contributed by atoms with Gasteiger partial charge in [-0.2, -0.15) is 0 Å². The van der Waals surface area contributed by atoms with Gasteiger partial charge in [-0.05, 0) is 47.1 Å². The van der Waals surface area contributed by atoms with Gasteiger partial charge in [0.1, 0.15) is 5.60 Å². The minimum Gasteiger partial charge on any atom is -0.481 e. The first-order valence-corrected chi connectivity index (χ1v) is 7.61. The van der Waals surface area contributed by atoms with Crippen LogP contribution >= 0.6 is 0 Å². The van der Waals surface area contributed by atoms with Crippen molar-refractivity contribution < 1.29 is 19.4 Å². The molecule has 1 saturated carbocycles. The number of likely N-dealkylation sites (tertiary alicyclic amines) is 1. The van der Waals surface area contributed by atoms with Crippen LogP contribution in [0.3, 0.4) is 0 Å². The lowest BCUT2D eigenvalue weighted by molar-refractivity contribution is -0.146. The maximum Gasteiger partial charge on any atom is 0.410 e. The molecule has 0 aromatic heterocycles. The summed E-state index contributed by atoms with van der Waals surface area (Å²) in [6, 6.07) is 0.526. The lowest BCUT2D eigenvalue weighted by atomic mass is 9.91. The molecule has 1 N–H and O–H groups in total.